The summed E-state index contributed by atoms with van der Waals surface area (Å²) in [6.45, 7) is 0.462. The van der Waals surface area contributed by atoms with Crippen molar-refractivity contribution < 1.29 is 14.7 Å². The molecular weight excluding hydrogens is 313 g/mol. The van der Waals surface area contributed by atoms with E-state index in [1.165, 1.54) is 11.0 Å². The van der Waals surface area contributed by atoms with Crippen molar-refractivity contribution in [2.75, 3.05) is 6.54 Å². The lowest BCUT2D eigenvalue weighted by molar-refractivity contribution is -0.150. The molecule has 1 saturated heterocycles. The molecule has 1 fully saturated rings. The molecule has 0 saturated carbocycles. The summed E-state index contributed by atoms with van der Waals surface area (Å²) in [4.78, 5) is 24.8. The maximum absolute atomic E-state index is 12.2. The van der Waals surface area contributed by atoms with E-state index in [4.69, 9.17) is 28.3 Å². The second-order valence-electron chi connectivity index (χ2n) is 4.88. The van der Waals surface area contributed by atoms with Crippen LogP contribution in [-0.4, -0.2) is 34.5 Å². The van der Waals surface area contributed by atoms with Crippen LogP contribution in [0.15, 0.2) is 24.3 Å². The molecule has 0 bridgehead atoms. The number of halogens is 2. The van der Waals surface area contributed by atoms with Crippen LogP contribution in [0.1, 0.15) is 24.8 Å². The quantitative estimate of drug-likeness (QED) is 0.865. The first-order chi connectivity index (χ1) is 9.99. The van der Waals surface area contributed by atoms with Crippen molar-refractivity contribution >= 4 is 41.2 Å². The number of piperidine rings is 1. The largest absolute Gasteiger partial charge is 0.480 e. The SMILES string of the molecule is O=C(O)[C@@H]1CCCCN1C(=O)C=Cc1cc(Cl)ccc1Cl. The Morgan fingerprint density at radius 3 is 2.76 bits per heavy atom. The standard InChI is InChI=1S/C15H15Cl2NO3/c16-11-5-6-12(17)10(9-11)4-7-14(19)18-8-2-1-3-13(18)15(20)21/h4-7,9,13H,1-3,8H2,(H,20,21)/t13-/m0/s1. The fraction of sp³-hybridized carbons (Fsp3) is 0.333. The van der Waals surface area contributed by atoms with Crippen LogP contribution in [0.25, 0.3) is 6.08 Å². The maximum atomic E-state index is 12.2. The number of rotatable bonds is 3. The van der Waals surface area contributed by atoms with Gasteiger partial charge in [0.2, 0.25) is 5.91 Å². The summed E-state index contributed by atoms with van der Waals surface area (Å²) in [6, 6.07) is 4.22. The fourth-order valence-corrected chi connectivity index (χ4v) is 2.71. The number of aliphatic carboxylic acids is 1. The number of carbonyl (C=O) groups excluding carboxylic acids is 1. The zero-order valence-corrected chi connectivity index (χ0v) is 12.8. The number of carbonyl (C=O) groups is 2. The molecule has 1 amide bonds. The van der Waals surface area contributed by atoms with Gasteiger partial charge in [0.15, 0.2) is 0 Å². The molecule has 1 N–H and O–H groups in total. The molecule has 0 aliphatic carbocycles. The summed E-state index contributed by atoms with van der Waals surface area (Å²) in [5.41, 5.74) is 0.626. The van der Waals surface area contributed by atoms with Crippen LogP contribution in [0.3, 0.4) is 0 Å². The Morgan fingerprint density at radius 2 is 2.05 bits per heavy atom. The molecule has 1 aromatic rings. The van der Waals surface area contributed by atoms with Gasteiger partial charge in [0.1, 0.15) is 6.04 Å². The van der Waals surface area contributed by atoms with Crippen molar-refractivity contribution in [3.63, 3.8) is 0 Å². The second kappa shape index (κ2) is 6.96. The molecule has 0 radical (unpaired) electrons. The third-order valence-corrected chi connectivity index (χ3v) is 4.01. The summed E-state index contributed by atoms with van der Waals surface area (Å²) in [5, 5.41) is 10.2. The smallest absolute Gasteiger partial charge is 0.326 e. The molecule has 1 atom stereocenters. The molecule has 1 heterocycles. The lowest BCUT2D eigenvalue weighted by Gasteiger charge is -2.32. The van der Waals surface area contributed by atoms with Crippen molar-refractivity contribution in [3.05, 3.63) is 39.9 Å². The van der Waals surface area contributed by atoms with Crippen LogP contribution in [0.2, 0.25) is 10.0 Å². The van der Waals surface area contributed by atoms with Gasteiger partial charge in [0.05, 0.1) is 0 Å². The van der Waals surface area contributed by atoms with E-state index < -0.39 is 12.0 Å². The molecule has 1 aliphatic rings. The lowest BCUT2D eigenvalue weighted by Crippen LogP contribution is -2.47. The van der Waals surface area contributed by atoms with E-state index in [1.54, 1.807) is 24.3 Å². The highest BCUT2D eigenvalue weighted by molar-refractivity contribution is 6.34. The first kappa shape index (κ1) is 15.9. The van der Waals surface area contributed by atoms with Crippen molar-refractivity contribution in [2.45, 2.75) is 25.3 Å². The van der Waals surface area contributed by atoms with E-state index in [9.17, 15) is 9.59 Å². The summed E-state index contributed by atoms with van der Waals surface area (Å²) in [5.74, 6) is -1.28. The summed E-state index contributed by atoms with van der Waals surface area (Å²) < 4.78 is 0. The van der Waals surface area contributed by atoms with Crippen LogP contribution in [0.4, 0.5) is 0 Å². The van der Waals surface area contributed by atoms with E-state index in [2.05, 4.69) is 0 Å². The Bertz CT molecular complexity index is 586. The maximum Gasteiger partial charge on any atom is 0.326 e. The van der Waals surface area contributed by atoms with E-state index in [1.807, 2.05) is 0 Å². The molecule has 21 heavy (non-hydrogen) atoms. The van der Waals surface area contributed by atoms with Crippen LogP contribution in [-0.2, 0) is 9.59 Å². The number of nitrogens with zero attached hydrogens (tertiary/aromatic N) is 1. The highest BCUT2D eigenvalue weighted by atomic mass is 35.5. The average Bonchev–Trinajstić information content (AvgIpc) is 2.47. The van der Waals surface area contributed by atoms with E-state index in [-0.39, 0.29) is 5.91 Å². The molecule has 0 unspecified atom stereocenters. The number of carboxylic acid groups (broad SMARTS) is 1. The van der Waals surface area contributed by atoms with Gasteiger partial charge in [0.25, 0.3) is 0 Å². The van der Waals surface area contributed by atoms with Gasteiger partial charge in [-0.15, -0.1) is 0 Å². The van der Waals surface area contributed by atoms with Crippen molar-refractivity contribution in [2.24, 2.45) is 0 Å². The normalized spacial score (nSPS) is 19.0. The third-order valence-electron chi connectivity index (χ3n) is 3.43. The topological polar surface area (TPSA) is 57.6 Å². The zero-order valence-electron chi connectivity index (χ0n) is 11.3. The van der Waals surface area contributed by atoms with Crippen LogP contribution in [0, 0.1) is 0 Å². The minimum absolute atomic E-state index is 0.321. The lowest BCUT2D eigenvalue weighted by atomic mass is 10.0. The Morgan fingerprint density at radius 1 is 1.29 bits per heavy atom. The summed E-state index contributed by atoms with van der Waals surface area (Å²) >= 11 is 11.9. The van der Waals surface area contributed by atoms with Gasteiger partial charge in [-0.3, -0.25) is 4.79 Å². The van der Waals surface area contributed by atoms with E-state index in [0.717, 1.165) is 12.8 Å². The van der Waals surface area contributed by atoms with Crippen LogP contribution >= 0.6 is 23.2 Å². The molecule has 1 aliphatic heterocycles. The molecule has 0 aromatic heterocycles. The Hall–Kier alpha value is -1.52. The van der Waals surface area contributed by atoms with Crippen LogP contribution in [0.5, 0.6) is 0 Å². The predicted molar refractivity (Wildman–Crippen MR) is 82.5 cm³/mol. The zero-order chi connectivity index (χ0) is 15.4. The first-order valence-corrected chi connectivity index (χ1v) is 7.41. The number of hydrogen-bond donors (Lipinski definition) is 1. The van der Waals surface area contributed by atoms with Crippen molar-refractivity contribution in [1.82, 2.24) is 4.90 Å². The molecule has 0 spiro atoms. The third kappa shape index (κ3) is 3.99. The fourth-order valence-electron chi connectivity index (χ4n) is 2.35. The van der Waals surface area contributed by atoms with Crippen molar-refractivity contribution in [1.29, 1.82) is 0 Å². The minimum atomic E-state index is -0.961. The minimum Gasteiger partial charge on any atom is -0.480 e. The average molecular weight is 328 g/mol. The predicted octanol–water partition coefficient (Wildman–Crippen LogP) is 3.47. The van der Waals surface area contributed by atoms with Gasteiger partial charge >= 0.3 is 5.97 Å². The molecule has 4 nitrogen and oxygen atoms in total. The Kier molecular flexibility index (Phi) is 5.26. The number of likely N-dealkylation sites (tertiary alicyclic amines) is 1. The summed E-state index contributed by atoms with van der Waals surface area (Å²) in [6.07, 6.45) is 5.04. The van der Waals surface area contributed by atoms with Gasteiger partial charge < -0.3 is 10.0 Å². The summed E-state index contributed by atoms with van der Waals surface area (Å²) in [7, 11) is 0. The number of hydrogen-bond acceptors (Lipinski definition) is 2. The number of amides is 1. The second-order valence-corrected chi connectivity index (χ2v) is 5.72. The molecule has 1 aromatic carbocycles. The van der Waals surface area contributed by atoms with Gasteiger partial charge in [-0.2, -0.15) is 0 Å². The Balaban J connectivity index is 2.14. The van der Waals surface area contributed by atoms with Gasteiger partial charge in [-0.25, -0.2) is 4.79 Å². The van der Waals surface area contributed by atoms with Gasteiger partial charge in [0, 0.05) is 22.7 Å². The molecule has 6 heteroatoms. The number of benzene rings is 1. The monoisotopic (exact) mass is 327 g/mol. The first-order valence-electron chi connectivity index (χ1n) is 6.65. The molecular formula is C15H15Cl2NO3. The van der Waals surface area contributed by atoms with E-state index >= 15 is 0 Å². The number of carboxylic acids is 1. The van der Waals surface area contributed by atoms with Gasteiger partial charge in [-0.1, -0.05) is 23.2 Å². The molecule has 2 rings (SSSR count). The molecule has 112 valence electrons. The van der Waals surface area contributed by atoms with E-state index in [0.29, 0.717) is 28.6 Å². The highest BCUT2D eigenvalue weighted by Gasteiger charge is 2.30. The van der Waals surface area contributed by atoms with Gasteiger partial charge in [-0.05, 0) is 49.1 Å². The van der Waals surface area contributed by atoms with Crippen LogP contribution < -0.4 is 0 Å². The van der Waals surface area contributed by atoms with Crippen molar-refractivity contribution in [3.8, 4) is 0 Å². The Labute approximate surface area is 133 Å². The highest BCUT2D eigenvalue weighted by Crippen LogP contribution is 2.22.